The molecule has 6 atom stereocenters. The Kier molecular flexibility index (Phi) is 5.23. The molecule has 0 amide bonds. The summed E-state index contributed by atoms with van der Waals surface area (Å²) < 4.78 is 0. The number of hydrogen-bond acceptors (Lipinski definition) is 2. The second-order valence-corrected chi connectivity index (χ2v) is 13.3. The molecule has 35 heavy (non-hydrogen) atoms. The summed E-state index contributed by atoms with van der Waals surface area (Å²) >= 11 is 6.34. The summed E-state index contributed by atoms with van der Waals surface area (Å²) in [7, 11) is 0. The van der Waals surface area contributed by atoms with E-state index in [-0.39, 0.29) is 5.41 Å². The molecule has 0 aliphatic heterocycles. The molecule has 5 fully saturated rings. The molecular formula is C32H40N2S. The highest BCUT2D eigenvalue weighted by Crippen LogP contribution is 2.91. The van der Waals surface area contributed by atoms with Gasteiger partial charge in [-0.25, -0.2) is 0 Å². The van der Waals surface area contributed by atoms with Gasteiger partial charge in [-0.15, -0.1) is 0 Å². The highest BCUT2D eigenvalue weighted by molar-refractivity contribution is 7.80. The van der Waals surface area contributed by atoms with Gasteiger partial charge in [-0.3, -0.25) is 0 Å². The van der Waals surface area contributed by atoms with Gasteiger partial charge in [0, 0.05) is 16.9 Å². The fourth-order valence-electron chi connectivity index (χ4n) is 10.2. The van der Waals surface area contributed by atoms with Crippen LogP contribution in [0.25, 0.3) is 0 Å². The zero-order chi connectivity index (χ0) is 23.7. The molecule has 5 aliphatic carbocycles. The number of nitrogens with one attached hydrogen (secondary N) is 1. The summed E-state index contributed by atoms with van der Waals surface area (Å²) in [6.07, 6.45) is 12.9. The predicted octanol–water partition coefficient (Wildman–Crippen LogP) is 6.43. The van der Waals surface area contributed by atoms with Crippen LogP contribution in [0.3, 0.4) is 0 Å². The first-order chi connectivity index (χ1) is 17.1. The minimum absolute atomic E-state index is 0.219. The maximum Gasteiger partial charge on any atom is 0.0818 e. The van der Waals surface area contributed by atoms with Gasteiger partial charge in [-0.2, -0.15) is 0 Å². The Morgan fingerprint density at radius 3 is 2.29 bits per heavy atom. The molecule has 2 aromatic carbocycles. The largest absolute Gasteiger partial charge is 0.376 e. The van der Waals surface area contributed by atoms with E-state index in [0.717, 1.165) is 30.2 Å². The predicted molar refractivity (Wildman–Crippen MR) is 147 cm³/mol. The summed E-state index contributed by atoms with van der Waals surface area (Å²) in [5, 5.41) is 3.96. The molecule has 5 saturated carbocycles. The van der Waals surface area contributed by atoms with Crippen LogP contribution in [0, 0.1) is 34.5 Å². The molecule has 5 aliphatic rings. The molecule has 7 rings (SSSR count). The highest BCUT2D eigenvalue weighted by atomic mass is 32.1. The van der Waals surface area contributed by atoms with Crippen molar-refractivity contribution in [2.24, 2.45) is 40.2 Å². The third-order valence-corrected chi connectivity index (χ3v) is 12.2. The number of fused-ring (bicyclic) bond motifs is 1. The Morgan fingerprint density at radius 1 is 0.886 bits per heavy atom. The van der Waals surface area contributed by atoms with Crippen LogP contribution in [0.2, 0.25) is 0 Å². The van der Waals surface area contributed by atoms with Crippen LogP contribution in [0.5, 0.6) is 0 Å². The SMILES string of the molecule is NCC1CCC(NC(=S)C23CC4C(CCc5ccccc5)C5CC(c6ccccc6)(C2)C45C3)CC1. The van der Waals surface area contributed by atoms with Crippen LogP contribution < -0.4 is 11.1 Å². The van der Waals surface area contributed by atoms with Gasteiger partial charge in [0.05, 0.1) is 4.99 Å². The van der Waals surface area contributed by atoms with E-state index in [1.165, 1.54) is 74.8 Å². The molecule has 0 saturated heterocycles. The number of thiocarbonyl (C=S) groups is 1. The lowest BCUT2D eigenvalue weighted by Crippen LogP contribution is -2.73. The summed E-state index contributed by atoms with van der Waals surface area (Å²) in [6, 6.07) is 23.3. The van der Waals surface area contributed by atoms with Crippen LogP contribution >= 0.6 is 12.2 Å². The zero-order valence-corrected chi connectivity index (χ0v) is 21.7. The van der Waals surface area contributed by atoms with E-state index in [9.17, 15) is 0 Å². The number of benzene rings is 2. The maximum absolute atomic E-state index is 6.34. The van der Waals surface area contributed by atoms with Gasteiger partial charge in [-0.05, 0) is 111 Å². The smallest absolute Gasteiger partial charge is 0.0818 e. The quantitative estimate of drug-likeness (QED) is 0.445. The van der Waals surface area contributed by atoms with Gasteiger partial charge in [-0.1, -0.05) is 72.9 Å². The Hall–Kier alpha value is -1.71. The van der Waals surface area contributed by atoms with E-state index >= 15 is 0 Å². The molecule has 2 aromatic rings. The highest BCUT2D eigenvalue weighted by Gasteiger charge is 2.87. The van der Waals surface area contributed by atoms with E-state index < -0.39 is 0 Å². The normalized spacial score (nSPS) is 42.6. The first-order valence-corrected chi connectivity index (χ1v) is 14.6. The summed E-state index contributed by atoms with van der Waals surface area (Å²) in [5.41, 5.74) is 10.2. The number of aryl methyl sites for hydroxylation is 1. The topological polar surface area (TPSA) is 38.0 Å². The summed E-state index contributed by atoms with van der Waals surface area (Å²) in [6.45, 7) is 0.844. The van der Waals surface area contributed by atoms with Crippen molar-refractivity contribution in [3.63, 3.8) is 0 Å². The van der Waals surface area contributed by atoms with Crippen molar-refractivity contribution >= 4 is 17.2 Å². The lowest BCUT2D eigenvalue weighted by atomic mass is 9.27. The molecule has 6 unspecified atom stereocenters. The van der Waals surface area contributed by atoms with Crippen LogP contribution in [0.1, 0.15) is 68.9 Å². The summed E-state index contributed by atoms with van der Waals surface area (Å²) in [4.78, 5) is 1.22. The molecule has 0 heterocycles. The van der Waals surface area contributed by atoms with Crippen molar-refractivity contribution in [1.29, 1.82) is 0 Å². The molecule has 1 spiro atoms. The van der Waals surface area contributed by atoms with E-state index in [2.05, 4.69) is 66.0 Å². The van der Waals surface area contributed by atoms with Gasteiger partial charge in [0.1, 0.15) is 0 Å². The minimum atomic E-state index is 0.219. The molecule has 3 N–H and O–H groups in total. The lowest BCUT2D eigenvalue weighted by Gasteiger charge is -2.77. The van der Waals surface area contributed by atoms with E-state index in [0.29, 0.717) is 16.9 Å². The van der Waals surface area contributed by atoms with E-state index in [4.69, 9.17) is 18.0 Å². The van der Waals surface area contributed by atoms with Crippen LogP contribution in [0.4, 0.5) is 0 Å². The lowest BCUT2D eigenvalue weighted by molar-refractivity contribution is -0.250. The standard InChI is InChI=1S/C32H40N2S/c33-19-23-11-14-25(15-12-23)34-29(35)30-17-27-26(16-13-22-7-3-1-4-8-22)28-18-31(20-30,32(27,28)21-30)24-9-5-2-6-10-24/h1-10,23,25-28H,11-21,33H2,(H,34,35). The molecule has 3 heteroatoms. The Bertz CT molecular complexity index is 1090. The van der Waals surface area contributed by atoms with Gasteiger partial charge < -0.3 is 11.1 Å². The van der Waals surface area contributed by atoms with Crippen molar-refractivity contribution < 1.29 is 0 Å². The third-order valence-electron chi connectivity index (χ3n) is 11.6. The van der Waals surface area contributed by atoms with Crippen molar-refractivity contribution in [3.8, 4) is 0 Å². The molecule has 0 aromatic heterocycles. The number of rotatable bonds is 7. The number of hydrogen-bond donors (Lipinski definition) is 2. The Balaban J connectivity index is 1.14. The van der Waals surface area contributed by atoms with Crippen LogP contribution in [0.15, 0.2) is 60.7 Å². The molecule has 2 bridgehead atoms. The first-order valence-electron chi connectivity index (χ1n) is 14.2. The molecule has 0 radical (unpaired) electrons. The summed E-state index contributed by atoms with van der Waals surface area (Å²) in [5.74, 6) is 3.36. The molecular weight excluding hydrogens is 444 g/mol. The van der Waals surface area contributed by atoms with Crippen molar-refractivity contribution in [2.45, 2.75) is 75.7 Å². The maximum atomic E-state index is 6.34. The monoisotopic (exact) mass is 484 g/mol. The fraction of sp³-hybridized carbons (Fsp3) is 0.594. The third kappa shape index (κ3) is 3.07. The van der Waals surface area contributed by atoms with Crippen molar-refractivity contribution in [3.05, 3.63) is 71.8 Å². The zero-order valence-electron chi connectivity index (χ0n) is 20.9. The van der Waals surface area contributed by atoms with Gasteiger partial charge in [0.25, 0.3) is 0 Å². The Morgan fingerprint density at radius 2 is 1.57 bits per heavy atom. The minimum Gasteiger partial charge on any atom is -0.376 e. The second kappa shape index (κ2) is 8.15. The van der Waals surface area contributed by atoms with Crippen LogP contribution in [-0.2, 0) is 11.8 Å². The van der Waals surface area contributed by atoms with Crippen molar-refractivity contribution in [2.75, 3.05) is 6.54 Å². The number of nitrogens with two attached hydrogens (primary N) is 1. The second-order valence-electron chi connectivity index (χ2n) is 12.9. The van der Waals surface area contributed by atoms with E-state index in [1.54, 1.807) is 5.56 Å². The molecule has 2 nitrogen and oxygen atoms in total. The van der Waals surface area contributed by atoms with E-state index in [1.807, 2.05) is 0 Å². The average Bonchev–Trinajstić information content (AvgIpc) is 3.37. The first kappa shape index (κ1) is 22.5. The van der Waals surface area contributed by atoms with Gasteiger partial charge in [0.15, 0.2) is 0 Å². The van der Waals surface area contributed by atoms with Crippen LogP contribution in [-0.4, -0.2) is 17.6 Å². The molecule has 184 valence electrons. The fourth-order valence-corrected chi connectivity index (χ4v) is 10.6. The average molecular weight is 485 g/mol. The van der Waals surface area contributed by atoms with Crippen molar-refractivity contribution in [1.82, 2.24) is 5.32 Å². The van der Waals surface area contributed by atoms with Gasteiger partial charge in [0.2, 0.25) is 0 Å². The van der Waals surface area contributed by atoms with Gasteiger partial charge >= 0.3 is 0 Å². The Labute approximate surface area is 216 Å².